The largest absolute Gasteiger partial charge is 0.493 e. The molecule has 0 bridgehead atoms. The summed E-state index contributed by atoms with van der Waals surface area (Å²) < 4.78 is 10.4. The standard InChI is InChI=1S/C15H23NO3/c1-3-4-5-6-7-10-19-14-11-12(16)8-9-13(14)15(17)18-2/h8-9,11H,3-7,10,16H2,1-2H3. The molecule has 1 rings (SSSR count). The van der Waals surface area contributed by atoms with Gasteiger partial charge in [0.1, 0.15) is 11.3 Å². The number of hydrogen-bond acceptors (Lipinski definition) is 4. The van der Waals surface area contributed by atoms with Crippen LogP contribution in [0.2, 0.25) is 0 Å². The Morgan fingerprint density at radius 1 is 1.21 bits per heavy atom. The molecule has 0 aliphatic heterocycles. The van der Waals surface area contributed by atoms with Gasteiger partial charge in [-0.05, 0) is 18.6 Å². The smallest absolute Gasteiger partial charge is 0.341 e. The molecule has 1 aromatic carbocycles. The maximum absolute atomic E-state index is 11.6. The minimum atomic E-state index is -0.402. The SMILES string of the molecule is CCCCCCCOc1cc(N)ccc1C(=O)OC. The molecule has 0 unspecified atom stereocenters. The van der Waals surface area contributed by atoms with Crippen molar-refractivity contribution in [3.63, 3.8) is 0 Å². The third-order valence-corrected chi connectivity index (χ3v) is 2.92. The summed E-state index contributed by atoms with van der Waals surface area (Å²) in [7, 11) is 1.35. The predicted octanol–water partition coefficient (Wildman–Crippen LogP) is 3.40. The first-order chi connectivity index (χ1) is 9.19. The van der Waals surface area contributed by atoms with E-state index in [1.807, 2.05) is 0 Å². The van der Waals surface area contributed by atoms with Crippen molar-refractivity contribution in [2.24, 2.45) is 0 Å². The zero-order chi connectivity index (χ0) is 14.1. The first-order valence-electron chi connectivity index (χ1n) is 6.79. The molecule has 0 amide bonds. The molecule has 0 aromatic heterocycles. The maximum atomic E-state index is 11.6. The average molecular weight is 265 g/mol. The monoisotopic (exact) mass is 265 g/mol. The van der Waals surface area contributed by atoms with Crippen LogP contribution in [0.3, 0.4) is 0 Å². The zero-order valence-corrected chi connectivity index (χ0v) is 11.8. The van der Waals surface area contributed by atoms with E-state index in [0.717, 1.165) is 12.8 Å². The van der Waals surface area contributed by atoms with Crippen LogP contribution in [0.1, 0.15) is 49.4 Å². The number of hydrogen-bond donors (Lipinski definition) is 1. The predicted molar refractivity (Wildman–Crippen MR) is 76.4 cm³/mol. The Morgan fingerprint density at radius 2 is 1.95 bits per heavy atom. The Kier molecular flexibility index (Phi) is 6.79. The number of carbonyl (C=O) groups excluding carboxylic acids is 1. The highest BCUT2D eigenvalue weighted by atomic mass is 16.5. The number of nitrogens with two attached hydrogens (primary N) is 1. The van der Waals surface area contributed by atoms with Crippen LogP contribution in [-0.4, -0.2) is 19.7 Å². The Balaban J connectivity index is 2.51. The average Bonchev–Trinajstić information content (AvgIpc) is 2.42. The van der Waals surface area contributed by atoms with E-state index < -0.39 is 5.97 Å². The van der Waals surface area contributed by atoms with Crippen molar-refractivity contribution in [2.75, 3.05) is 19.5 Å². The van der Waals surface area contributed by atoms with Gasteiger partial charge in [0.2, 0.25) is 0 Å². The summed E-state index contributed by atoms with van der Waals surface area (Å²) >= 11 is 0. The highest BCUT2D eigenvalue weighted by molar-refractivity contribution is 5.93. The molecule has 0 heterocycles. The Bertz CT molecular complexity index is 404. The fraction of sp³-hybridized carbons (Fsp3) is 0.533. The lowest BCUT2D eigenvalue weighted by Crippen LogP contribution is -2.07. The van der Waals surface area contributed by atoms with Crippen molar-refractivity contribution in [1.82, 2.24) is 0 Å². The van der Waals surface area contributed by atoms with Crippen LogP contribution in [0, 0.1) is 0 Å². The molecule has 2 N–H and O–H groups in total. The first-order valence-corrected chi connectivity index (χ1v) is 6.79. The van der Waals surface area contributed by atoms with E-state index in [1.54, 1.807) is 18.2 Å². The third kappa shape index (κ3) is 5.20. The first kappa shape index (κ1) is 15.3. The molecule has 0 saturated heterocycles. The Hall–Kier alpha value is -1.71. The summed E-state index contributed by atoms with van der Waals surface area (Å²) in [6.07, 6.45) is 5.83. The molecule has 0 fully saturated rings. The zero-order valence-electron chi connectivity index (χ0n) is 11.8. The molecule has 0 atom stereocenters. The Morgan fingerprint density at radius 3 is 2.63 bits per heavy atom. The second kappa shape index (κ2) is 8.40. The van der Waals surface area contributed by atoms with Crippen molar-refractivity contribution in [3.8, 4) is 5.75 Å². The van der Waals surface area contributed by atoms with Gasteiger partial charge in [-0.25, -0.2) is 4.79 Å². The number of anilines is 1. The van der Waals surface area contributed by atoms with E-state index in [0.29, 0.717) is 23.6 Å². The number of nitrogen functional groups attached to an aromatic ring is 1. The number of esters is 1. The summed E-state index contributed by atoms with van der Waals surface area (Å²) in [5.74, 6) is 0.100. The van der Waals surface area contributed by atoms with Crippen LogP contribution < -0.4 is 10.5 Å². The minimum Gasteiger partial charge on any atom is -0.493 e. The molecule has 1 aromatic rings. The van der Waals surface area contributed by atoms with Gasteiger partial charge in [0.05, 0.1) is 13.7 Å². The molecule has 0 saturated carbocycles. The van der Waals surface area contributed by atoms with Crippen molar-refractivity contribution >= 4 is 11.7 Å². The van der Waals surface area contributed by atoms with E-state index in [-0.39, 0.29) is 0 Å². The number of methoxy groups -OCH3 is 1. The quantitative estimate of drug-likeness (QED) is 0.444. The van der Waals surface area contributed by atoms with E-state index in [1.165, 1.54) is 26.4 Å². The van der Waals surface area contributed by atoms with Crippen molar-refractivity contribution in [3.05, 3.63) is 23.8 Å². The van der Waals surface area contributed by atoms with Gasteiger partial charge in [-0.2, -0.15) is 0 Å². The van der Waals surface area contributed by atoms with E-state index in [9.17, 15) is 4.79 Å². The van der Waals surface area contributed by atoms with Crippen LogP contribution >= 0.6 is 0 Å². The number of rotatable bonds is 8. The molecule has 0 radical (unpaired) electrons. The second-order valence-corrected chi connectivity index (χ2v) is 4.51. The lowest BCUT2D eigenvalue weighted by atomic mass is 10.1. The molecule has 0 spiro atoms. The van der Waals surface area contributed by atoms with Gasteiger partial charge in [0.15, 0.2) is 0 Å². The number of benzene rings is 1. The van der Waals surface area contributed by atoms with E-state index >= 15 is 0 Å². The second-order valence-electron chi connectivity index (χ2n) is 4.51. The Labute approximate surface area is 114 Å². The number of carbonyl (C=O) groups is 1. The summed E-state index contributed by atoms with van der Waals surface area (Å²) in [5.41, 5.74) is 6.71. The molecule has 4 heteroatoms. The summed E-state index contributed by atoms with van der Waals surface area (Å²) in [5, 5.41) is 0. The van der Waals surface area contributed by atoms with Crippen LogP contribution in [0.4, 0.5) is 5.69 Å². The van der Waals surface area contributed by atoms with Gasteiger partial charge in [-0.1, -0.05) is 32.6 Å². The number of unbranched alkanes of at least 4 members (excludes halogenated alkanes) is 4. The number of ether oxygens (including phenoxy) is 2. The fourth-order valence-corrected chi connectivity index (χ4v) is 1.82. The fourth-order valence-electron chi connectivity index (χ4n) is 1.82. The lowest BCUT2D eigenvalue weighted by molar-refractivity contribution is 0.0596. The van der Waals surface area contributed by atoms with Crippen molar-refractivity contribution in [1.29, 1.82) is 0 Å². The van der Waals surface area contributed by atoms with Crippen LogP contribution in [0.5, 0.6) is 5.75 Å². The molecular weight excluding hydrogens is 242 g/mol. The summed E-state index contributed by atoms with van der Waals surface area (Å²) in [6.45, 7) is 2.78. The van der Waals surface area contributed by atoms with Crippen LogP contribution in [0.25, 0.3) is 0 Å². The summed E-state index contributed by atoms with van der Waals surface area (Å²) in [4.78, 5) is 11.6. The molecule has 106 valence electrons. The molecule has 4 nitrogen and oxygen atoms in total. The van der Waals surface area contributed by atoms with Crippen molar-refractivity contribution < 1.29 is 14.3 Å². The van der Waals surface area contributed by atoms with Crippen molar-refractivity contribution in [2.45, 2.75) is 39.0 Å². The van der Waals surface area contributed by atoms with Gasteiger partial charge in [0, 0.05) is 11.8 Å². The summed E-state index contributed by atoms with van der Waals surface area (Å²) in [6, 6.07) is 4.96. The molecule has 19 heavy (non-hydrogen) atoms. The van der Waals surface area contributed by atoms with Gasteiger partial charge >= 0.3 is 5.97 Å². The minimum absolute atomic E-state index is 0.402. The van der Waals surface area contributed by atoms with Gasteiger partial charge in [-0.3, -0.25) is 0 Å². The van der Waals surface area contributed by atoms with Crippen LogP contribution in [-0.2, 0) is 4.74 Å². The highest BCUT2D eigenvalue weighted by Crippen LogP contribution is 2.23. The van der Waals surface area contributed by atoms with Crippen LogP contribution in [0.15, 0.2) is 18.2 Å². The normalized spacial score (nSPS) is 10.2. The van der Waals surface area contributed by atoms with E-state index in [2.05, 4.69) is 6.92 Å². The molecule has 0 aliphatic carbocycles. The molecular formula is C15H23NO3. The third-order valence-electron chi connectivity index (χ3n) is 2.92. The maximum Gasteiger partial charge on any atom is 0.341 e. The van der Waals surface area contributed by atoms with E-state index in [4.69, 9.17) is 15.2 Å². The van der Waals surface area contributed by atoms with Gasteiger partial charge < -0.3 is 15.2 Å². The van der Waals surface area contributed by atoms with Gasteiger partial charge in [0.25, 0.3) is 0 Å². The molecule has 0 aliphatic rings. The lowest BCUT2D eigenvalue weighted by Gasteiger charge is -2.11. The topological polar surface area (TPSA) is 61.5 Å². The highest BCUT2D eigenvalue weighted by Gasteiger charge is 2.13. The van der Waals surface area contributed by atoms with Gasteiger partial charge in [-0.15, -0.1) is 0 Å².